The van der Waals surface area contributed by atoms with Gasteiger partial charge in [0.05, 0.1) is 5.69 Å². The molecule has 25 heavy (non-hydrogen) atoms. The maximum atomic E-state index is 6.17. The first-order valence-electron chi connectivity index (χ1n) is 8.11. The van der Waals surface area contributed by atoms with Gasteiger partial charge in [0, 0.05) is 60.2 Å². The second kappa shape index (κ2) is 7.08. The van der Waals surface area contributed by atoms with Crippen molar-refractivity contribution in [1.29, 1.82) is 0 Å². The highest BCUT2D eigenvalue weighted by molar-refractivity contribution is 6.30. The van der Waals surface area contributed by atoms with E-state index in [1.807, 2.05) is 42.6 Å². The molecule has 0 radical (unpaired) electrons. The van der Waals surface area contributed by atoms with E-state index in [9.17, 15) is 0 Å². The van der Waals surface area contributed by atoms with Crippen LogP contribution in [0, 0.1) is 0 Å². The molecular weight excluding hydrogens is 355 g/mol. The molecule has 0 unspecified atom stereocenters. The summed E-state index contributed by atoms with van der Waals surface area (Å²) in [5, 5.41) is 1.29. The van der Waals surface area contributed by atoms with E-state index in [-0.39, 0.29) is 0 Å². The number of aromatic nitrogens is 3. The third-order valence-corrected chi connectivity index (χ3v) is 4.94. The summed E-state index contributed by atoms with van der Waals surface area (Å²) >= 11 is 12.1. The first-order chi connectivity index (χ1) is 12.2. The van der Waals surface area contributed by atoms with Crippen LogP contribution in [0.1, 0.15) is 16.8 Å². The Morgan fingerprint density at radius 3 is 2.68 bits per heavy atom. The number of fused-ring (bicyclic) bond motifs is 1. The molecule has 0 aliphatic carbocycles. The number of halogens is 2. The van der Waals surface area contributed by atoms with Crippen LogP contribution in [0.4, 0.5) is 0 Å². The van der Waals surface area contributed by atoms with Crippen molar-refractivity contribution < 1.29 is 0 Å². The van der Waals surface area contributed by atoms with Crippen molar-refractivity contribution in [3.05, 3.63) is 75.8 Å². The normalized spacial score (nSPS) is 14.3. The highest BCUT2D eigenvalue weighted by Crippen LogP contribution is 2.24. The molecule has 0 N–H and O–H groups in total. The van der Waals surface area contributed by atoms with Crippen molar-refractivity contribution >= 4 is 23.2 Å². The van der Waals surface area contributed by atoms with Gasteiger partial charge in [-0.3, -0.25) is 4.90 Å². The molecule has 3 heterocycles. The summed E-state index contributed by atoms with van der Waals surface area (Å²) in [5.74, 6) is 0.749. The minimum Gasteiger partial charge on any atom is -0.294 e. The fraction of sp³-hybridized carbons (Fsp3) is 0.211. The lowest BCUT2D eigenvalue weighted by Gasteiger charge is -2.28. The maximum Gasteiger partial charge on any atom is 0.159 e. The third-order valence-electron chi connectivity index (χ3n) is 4.35. The molecule has 2 aromatic heterocycles. The van der Waals surface area contributed by atoms with Crippen molar-refractivity contribution in [1.82, 2.24) is 19.9 Å². The van der Waals surface area contributed by atoms with E-state index < -0.39 is 0 Å². The number of pyridine rings is 1. The molecule has 0 amide bonds. The van der Waals surface area contributed by atoms with Crippen LogP contribution < -0.4 is 0 Å². The van der Waals surface area contributed by atoms with E-state index in [0.29, 0.717) is 10.2 Å². The van der Waals surface area contributed by atoms with Crippen LogP contribution in [0.15, 0.2) is 48.8 Å². The van der Waals surface area contributed by atoms with Crippen LogP contribution >= 0.6 is 23.2 Å². The van der Waals surface area contributed by atoms with Crippen LogP contribution in [0.3, 0.4) is 0 Å². The van der Waals surface area contributed by atoms with E-state index >= 15 is 0 Å². The Balaban J connectivity index is 1.52. The predicted octanol–water partition coefficient (Wildman–Crippen LogP) is 4.40. The van der Waals surface area contributed by atoms with Gasteiger partial charge in [-0.15, -0.1) is 0 Å². The molecule has 1 aliphatic heterocycles. The third kappa shape index (κ3) is 3.66. The SMILES string of the molecule is Clc1ccc(-c2ncc3c(n2)CCN(Cc2cccnc2Cl)C3)cc1. The fourth-order valence-corrected chi connectivity index (χ4v) is 3.33. The highest BCUT2D eigenvalue weighted by Gasteiger charge is 2.19. The van der Waals surface area contributed by atoms with Crippen LogP contribution in [0.25, 0.3) is 11.4 Å². The van der Waals surface area contributed by atoms with Crippen LogP contribution in [-0.4, -0.2) is 26.4 Å². The number of hydrogen-bond acceptors (Lipinski definition) is 4. The van der Waals surface area contributed by atoms with Crippen molar-refractivity contribution in [2.75, 3.05) is 6.54 Å². The quantitative estimate of drug-likeness (QED) is 0.640. The Hall–Kier alpha value is -2.01. The van der Waals surface area contributed by atoms with Gasteiger partial charge in [0.2, 0.25) is 0 Å². The van der Waals surface area contributed by atoms with Gasteiger partial charge < -0.3 is 0 Å². The molecule has 0 bridgehead atoms. The lowest BCUT2D eigenvalue weighted by molar-refractivity contribution is 0.243. The average Bonchev–Trinajstić information content (AvgIpc) is 2.64. The zero-order valence-electron chi connectivity index (χ0n) is 13.5. The largest absolute Gasteiger partial charge is 0.294 e. The first kappa shape index (κ1) is 16.5. The van der Waals surface area contributed by atoms with E-state index in [1.165, 1.54) is 5.56 Å². The Bertz CT molecular complexity index is 896. The fourth-order valence-electron chi connectivity index (χ4n) is 3.03. The second-order valence-electron chi connectivity index (χ2n) is 6.09. The standard InChI is InChI=1S/C19H16Cl2N4/c20-16-5-3-13(4-6-16)19-23-10-15-12-25(9-7-17(15)24-19)11-14-2-1-8-22-18(14)21/h1-6,8,10H,7,9,11-12H2. The van der Waals surface area contributed by atoms with Crippen LogP contribution in [0.2, 0.25) is 10.2 Å². The second-order valence-corrected chi connectivity index (χ2v) is 6.88. The van der Waals surface area contributed by atoms with Gasteiger partial charge in [-0.05, 0) is 30.3 Å². The van der Waals surface area contributed by atoms with E-state index in [2.05, 4.69) is 14.9 Å². The predicted molar refractivity (Wildman–Crippen MR) is 99.5 cm³/mol. The number of hydrogen-bond donors (Lipinski definition) is 0. The maximum absolute atomic E-state index is 6.17. The molecule has 4 rings (SSSR count). The molecule has 0 fully saturated rings. The number of benzene rings is 1. The summed E-state index contributed by atoms with van der Waals surface area (Å²) in [5.41, 5.74) is 4.32. The van der Waals surface area contributed by atoms with E-state index in [4.69, 9.17) is 28.2 Å². The highest BCUT2D eigenvalue weighted by atomic mass is 35.5. The molecule has 4 nitrogen and oxygen atoms in total. The molecule has 6 heteroatoms. The van der Waals surface area contributed by atoms with Crippen molar-refractivity contribution in [3.8, 4) is 11.4 Å². The van der Waals surface area contributed by atoms with Crippen LogP contribution in [-0.2, 0) is 19.5 Å². The lowest BCUT2D eigenvalue weighted by atomic mass is 10.1. The van der Waals surface area contributed by atoms with Crippen molar-refractivity contribution in [3.63, 3.8) is 0 Å². The molecule has 126 valence electrons. The summed E-state index contributed by atoms with van der Waals surface area (Å²) in [6.07, 6.45) is 4.54. The zero-order chi connectivity index (χ0) is 17.2. The lowest BCUT2D eigenvalue weighted by Crippen LogP contribution is -2.31. The number of nitrogens with zero attached hydrogens (tertiary/aromatic N) is 4. The molecule has 0 saturated carbocycles. The first-order valence-corrected chi connectivity index (χ1v) is 8.87. The van der Waals surface area contributed by atoms with Crippen molar-refractivity contribution in [2.24, 2.45) is 0 Å². The summed E-state index contributed by atoms with van der Waals surface area (Å²) in [7, 11) is 0. The minimum atomic E-state index is 0.572. The summed E-state index contributed by atoms with van der Waals surface area (Å²) in [4.78, 5) is 15.8. The van der Waals surface area contributed by atoms with Crippen LogP contribution in [0.5, 0.6) is 0 Å². The summed E-state index contributed by atoms with van der Waals surface area (Å²) in [6, 6.07) is 11.6. The van der Waals surface area contributed by atoms with Gasteiger partial charge in [-0.25, -0.2) is 15.0 Å². The Morgan fingerprint density at radius 2 is 1.88 bits per heavy atom. The molecule has 1 aliphatic rings. The molecule has 1 aromatic carbocycles. The average molecular weight is 371 g/mol. The Morgan fingerprint density at radius 1 is 1.04 bits per heavy atom. The molecule has 0 atom stereocenters. The van der Waals surface area contributed by atoms with Gasteiger partial charge in [-0.1, -0.05) is 29.3 Å². The number of rotatable bonds is 3. The minimum absolute atomic E-state index is 0.572. The Kier molecular flexibility index (Phi) is 4.66. The Labute approximate surface area is 156 Å². The zero-order valence-corrected chi connectivity index (χ0v) is 15.0. The smallest absolute Gasteiger partial charge is 0.159 e. The van der Waals surface area contributed by atoms with Gasteiger partial charge in [0.25, 0.3) is 0 Å². The van der Waals surface area contributed by atoms with E-state index in [1.54, 1.807) is 6.20 Å². The summed E-state index contributed by atoms with van der Waals surface area (Å²) < 4.78 is 0. The topological polar surface area (TPSA) is 41.9 Å². The van der Waals surface area contributed by atoms with E-state index in [0.717, 1.165) is 48.7 Å². The monoisotopic (exact) mass is 370 g/mol. The molecule has 0 spiro atoms. The molecule has 0 saturated heterocycles. The van der Waals surface area contributed by atoms with Crippen molar-refractivity contribution in [2.45, 2.75) is 19.5 Å². The summed E-state index contributed by atoms with van der Waals surface area (Å²) in [6.45, 7) is 2.54. The van der Waals surface area contributed by atoms with Gasteiger partial charge in [-0.2, -0.15) is 0 Å². The van der Waals surface area contributed by atoms with Gasteiger partial charge in [0.15, 0.2) is 5.82 Å². The van der Waals surface area contributed by atoms with Gasteiger partial charge >= 0.3 is 0 Å². The van der Waals surface area contributed by atoms with Gasteiger partial charge in [0.1, 0.15) is 5.15 Å². The molecular formula is C19H16Cl2N4. The molecule has 3 aromatic rings.